The van der Waals surface area contributed by atoms with Crippen LogP contribution in [0, 0.1) is 0 Å². The number of H-pyrrole nitrogens is 1. The third-order valence-electron chi connectivity index (χ3n) is 1.73. The van der Waals surface area contributed by atoms with E-state index in [1.807, 2.05) is 0 Å². The number of carboxylic acid groups (broad SMARTS) is 1. The Kier molecular flexibility index (Phi) is 6.27. The van der Waals surface area contributed by atoms with Crippen LogP contribution < -0.4 is 11.5 Å². The highest BCUT2D eigenvalue weighted by molar-refractivity contribution is 5.90. The van der Waals surface area contributed by atoms with Crippen molar-refractivity contribution in [1.29, 1.82) is 0 Å². The first-order chi connectivity index (χ1) is 7.84. The second-order valence-corrected chi connectivity index (χ2v) is 3.37. The van der Waals surface area contributed by atoms with Gasteiger partial charge >= 0.3 is 5.97 Å². The van der Waals surface area contributed by atoms with Crippen LogP contribution in [0.2, 0.25) is 0 Å². The first kappa shape index (κ1) is 14.8. The summed E-state index contributed by atoms with van der Waals surface area (Å²) in [5.41, 5.74) is 11.1. The lowest BCUT2D eigenvalue weighted by Crippen LogP contribution is -2.32. The van der Waals surface area contributed by atoms with Crippen molar-refractivity contribution in [2.75, 3.05) is 0 Å². The second-order valence-electron chi connectivity index (χ2n) is 3.37. The lowest BCUT2D eigenvalue weighted by atomic mass is 10.2. The molecule has 0 aliphatic carbocycles. The number of carbonyl (C=O) groups is 2. The van der Waals surface area contributed by atoms with Crippen molar-refractivity contribution in [2.45, 2.75) is 19.4 Å². The van der Waals surface area contributed by atoms with Gasteiger partial charge in [-0.05, 0) is 6.92 Å². The van der Waals surface area contributed by atoms with Gasteiger partial charge in [0.2, 0.25) is 5.91 Å². The highest BCUT2D eigenvalue weighted by Crippen LogP contribution is 1.95. The SMILES string of the molecule is C=C(C)C(N)=O.NC(Cc1cnc[nH]1)C(=O)O. The van der Waals surface area contributed by atoms with E-state index >= 15 is 0 Å². The molecule has 0 saturated heterocycles. The Hall–Kier alpha value is -2.15. The van der Waals surface area contributed by atoms with Crippen molar-refractivity contribution in [3.8, 4) is 0 Å². The van der Waals surface area contributed by atoms with Crippen molar-refractivity contribution in [3.05, 3.63) is 30.4 Å². The highest BCUT2D eigenvalue weighted by Gasteiger charge is 2.11. The van der Waals surface area contributed by atoms with Gasteiger partial charge in [-0.2, -0.15) is 0 Å². The van der Waals surface area contributed by atoms with Gasteiger partial charge in [0.25, 0.3) is 0 Å². The number of hydrogen-bond acceptors (Lipinski definition) is 4. The zero-order valence-corrected chi connectivity index (χ0v) is 9.51. The predicted molar refractivity (Wildman–Crippen MR) is 61.9 cm³/mol. The van der Waals surface area contributed by atoms with Crippen molar-refractivity contribution < 1.29 is 14.7 Å². The Labute approximate surface area is 98.5 Å². The number of primary amides is 1. The maximum absolute atomic E-state index is 10.3. The van der Waals surface area contributed by atoms with Crippen LogP contribution in [-0.2, 0) is 16.0 Å². The van der Waals surface area contributed by atoms with Crippen LogP contribution in [0.1, 0.15) is 12.6 Å². The van der Waals surface area contributed by atoms with E-state index in [9.17, 15) is 9.59 Å². The van der Waals surface area contributed by atoms with Crippen molar-refractivity contribution >= 4 is 11.9 Å². The van der Waals surface area contributed by atoms with E-state index in [-0.39, 0.29) is 6.42 Å². The predicted octanol–water partition coefficient (Wildman–Crippen LogP) is -0.588. The Bertz CT molecular complexity index is 374. The minimum Gasteiger partial charge on any atom is -0.480 e. The standard InChI is InChI=1S/C6H9N3O2.C4H7NO/c7-5(6(10)11)1-4-2-8-3-9-4;1-3(2)4(5)6/h2-3,5H,1,7H2,(H,8,9)(H,10,11);1H2,2H3,(H2,5,6). The van der Waals surface area contributed by atoms with Gasteiger partial charge < -0.3 is 21.6 Å². The van der Waals surface area contributed by atoms with E-state index in [4.69, 9.17) is 16.6 Å². The number of nitrogens with one attached hydrogen (secondary N) is 1. The zero-order chi connectivity index (χ0) is 13.4. The molecule has 0 aliphatic rings. The van der Waals surface area contributed by atoms with Crippen LogP contribution in [0.4, 0.5) is 0 Å². The quantitative estimate of drug-likeness (QED) is 0.522. The molecule has 0 aromatic carbocycles. The number of aromatic nitrogens is 2. The summed E-state index contributed by atoms with van der Waals surface area (Å²) in [5, 5.41) is 8.42. The molecule has 0 bridgehead atoms. The molecule has 1 heterocycles. The summed E-state index contributed by atoms with van der Waals surface area (Å²) in [5.74, 6) is -1.44. The summed E-state index contributed by atoms with van der Waals surface area (Å²) in [6.45, 7) is 4.85. The largest absolute Gasteiger partial charge is 0.480 e. The average Bonchev–Trinajstić information content (AvgIpc) is 2.71. The number of rotatable bonds is 4. The molecule has 1 atom stereocenters. The summed E-state index contributed by atoms with van der Waals surface area (Å²) in [6, 6.07) is -0.851. The molecule has 1 aromatic rings. The molecular formula is C10H16N4O3. The minimum atomic E-state index is -1.00. The van der Waals surface area contributed by atoms with Gasteiger partial charge in [0.1, 0.15) is 6.04 Å². The number of carboxylic acids is 1. The third kappa shape index (κ3) is 6.85. The van der Waals surface area contributed by atoms with Gasteiger partial charge in [-0.25, -0.2) is 4.98 Å². The maximum atomic E-state index is 10.3. The molecule has 1 aromatic heterocycles. The molecule has 0 saturated carbocycles. The van der Waals surface area contributed by atoms with Crippen LogP contribution >= 0.6 is 0 Å². The number of nitrogens with two attached hydrogens (primary N) is 2. The van der Waals surface area contributed by atoms with E-state index in [1.54, 1.807) is 13.1 Å². The smallest absolute Gasteiger partial charge is 0.320 e. The maximum Gasteiger partial charge on any atom is 0.320 e. The summed E-state index contributed by atoms with van der Waals surface area (Å²) in [7, 11) is 0. The Balaban J connectivity index is 0.000000366. The lowest BCUT2D eigenvalue weighted by molar-refractivity contribution is -0.138. The Morgan fingerprint density at radius 3 is 2.47 bits per heavy atom. The molecule has 0 spiro atoms. The molecule has 17 heavy (non-hydrogen) atoms. The van der Waals surface area contributed by atoms with Crippen LogP contribution in [-0.4, -0.2) is 33.0 Å². The molecule has 0 fully saturated rings. The monoisotopic (exact) mass is 240 g/mol. The summed E-state index contributed by atoms with van der Waals surface area (Å²) < 4.78 is 0. The second kappa shape index (κ2) is 7.18. The molecule has 1 unspecified atom stereocenters. The van der Waals surface area contributed by atoms with E-state index in [1.165, 1.54) is 6.33 Å². The van der Waals surface area contributed by atoms with Gasteiger partial charge in [-0.3, -0.25) is 9.59 Å². The third-order valence-corrected chi connectivity index (χ3v) is 1.73. The fourth-order valence-corrected chi connectivity index (χ4v) is 0.721. The van der Waals surface area contributed by atoms with E-state index in [0.29, 0.717) is 5.57 Å². The van der Waals surface area contributed by atoms with E-state index < -0.39 is 17.9 Å². The molecule has 7 heteroatoms. The molecule has 94 valence electrons. The van der Waals surface area contributed by atoms with E-state index in [2.05, 4.69) is 16.5 Å². The number of aromatic amines is 1. The zero-order valence-electron chi connectivity index (χ0n) is 9.51. The lowest BCUT2D eigenvalue weighted by Gasteiger charge is -2.02. The fourth-order valence-electron chi connectivity index (χ4n) is 0.721. The van der Waals surface area contributed by atoms with Gasteiger partial charge in [0, 0.05) is 23.9 Å². The van der Waals surface area contributed by atoms with Crippen molar-refractivity contribution in [3.63, 3.8) is 0 Å². The van der Waals surface area contributed by atoms with Crippen LogP contribution in [0.3, 0.4) is 0 Å². The summed E-state index contributed by atoms with van der Waals surface area (Å²) in [4.78, 5) is 26.6. The van der Waals surface area contributed by atoms with Gasteiger partial charge in [-0.1, -0.05) is 6.58 Å². The fraction of sp³-hybridized carbons (Fsp3) is 0.300. The molecule has 1 amide bonds. The molecule has 1 rings (SSSR count). The topological polar surface area (TPSA) is 135 Å². The van der Waals surface area contributed by atoms with Gasteiger partial charge in [-0.15, -0.1) is 0 Å². The number of imidazole rings is 1. The number of amides is 1. The van der Waals surface area contributed by atoms with Crippen molar-refractivity contribution in [2.24, 2.45) is 11.5 Å². The van der Waals surface area contributed by atoms with Crippen LogP contribution in [0.25, 0.3) is 0 Å². The summed E-state index contributed by atoms with van der Waals surface area (Å²) in [6.07, 6.45) is 3.34. The number of hydrogen-bond donors (Lipinski definition) is 4. The Morgan fingerprint density at radius 1 is 1.65 bits per heavy atom. The molecule has 0 aliphatic heterocycles. The average molecular weight is 240 g/mol. The first-order valence-corrected chi connectivity index (χ1v) is 4.75. The molecule has 0 radical (unpaired) electrons. The number of aliphatic carboxylic acids is 1. The van der Waals surface area contributed by atoms with E-state index in [0.717, 1.165) is 5.69 Å². The number of nitrogens with zero attached hydrogens (tertiary/aromatic N) is 1. The van der Waals surface area contributed by atoms with Crippen molar-refractivity contribution in [1.82, 2.24) is 9.97 Å². The Morgan fingerprint density at radius 2 is 2.18 bits per heavy atom. The normalized spacial score (nSPS) is 10.9. The molecule has 7 nitrogen and oxygen atoms in total. The molecule has 6 N–H and O–H groups in total. The van der Waals surface area contributed by atoms with Crippen LogP contribution in [0.5, 0.6) is 0 Å². The molecular weight excluding hydrogens is 224 g/mol. The van der Waals surface area contributed by atoms with Gasteiger partial charge in [0.15, 0.2) is 0 Å². The summed E-state index contributed by atoms with van der Waals surface area (Å²) >= 11 is 0. The first-order valence-electron chi connectivity index (χ1n) is 4.75. The van der Waals surface area contributed by atoms with Gasteiger partial charge in [0.05, 0.1) is 6.33 Å². The highest BCUT2D eigenvalue weighted by atomic mass is 16.4. The van der Waals surface area contributed by atoms with Crippen LogP contribution in [0.15, 0.2) is 24.7 Å². The number of carbonyl (C=O) groups excluding carboxylic acids is 1. The minimum absolute atomic E-state index is 0.287.